The Morgan fingerprint density at radius 1 is 1.53 bits per heavy atom. The summed E-state index contributed by atoms with van der Waals surface area (Å²) in [4.78, 5) is 0. The number of aromatic nitrogens is 2. The van der Waals surface area contributed by atoms with E-state index in [2.05, 4.69) is 22.4 Å². The van der Waals surface area contributed by atoms with Crippen LogP contribution in [-0.2, 0) is 11.2 Å². The third-order valence-corrected chi connectivity index (χ3v) is 4.34. The third-order valence-electron chi connectivity index (χ3n) is 3.24. The second-order valence-electron chi connectivity index (χ2n) is 4.46. The fourth-order valence-corrected chi connectivity index (χ4v) is 3.22. The van der Waals surface area contributed by atoms with Crippen molar-refractivity contribution in [2.24, 2.45) is 0 Å². The van der Waals surface area contributed by atoms with Gasteiger partial charge in [-0.05, 0) is 32.7 Å². The van der Waals surface area contributed by atoms with Gasteiger partial charge in [0.2, 0.25) is 0 Å². The number of nitrogens with zero attached hydrogens (tertiary/aromatic N) is 2. The van der Waals surface area contributed by atoms with Crippen molar-refractivity contribution in [3.05, 3.63) is 10.0 Å². The van der Waals surface area contributed by atoms with Crippen LogP contribution in [0.5, 0.6) is 0 Å². The van der Waals surface area contributed by atoms with E-state index in [-0.39, 0.29) is 0 Å². The van der Waals surface area contributed by atoms with Gasteiger partial charge in [0.1, 0.15) is 10.0 Å². The van der Waals surface area contributed by atoms with Gasteiger partial charge in [0.25, 0.3) is 0 Å². The van der Waals surface area contributed by atoms with E-state index in [1.54, 1.807) is 11.3 Å². The minimum atomic E-state index is 0.351. The van der Waals surface area contributed by atoms with Crippen LogP contribution in [0, 0.1) is 0 Å². The zero-order valence-electron chi connectivity index (χ0n) is 10.6. The number of rotatable bonds is 6. The summed E-state index contributed by atoms with van der Waals surface area (Å²) in [6.07, 6.45) is 6.02. The van der Waals surface area contributed by atoms with Gasteiger partial charge in [0.15, 0.2) is 0 Å². The molecule has 0 spiro atoms. The summed E-state index contributed by atoms with van der Waals surface area (Å²) >= 11 is 1.73. The lowest BCUT2D eigenvalue weighted by Gasteiger charge is -2.08. The van der Waals surface area contributed by atoms with Crippen molar-refractivity contribution in [1.82, 2.24) is 15.5 Å². The van der Waals surface area contributed by atoms with Gasteiger partial charge in [-0.15, -0.1) is 10.2 Å². The van der Waals surface area contributed by atoms with Crippen molar-refractivity contribution in [3.8, 4) is 0 Å². The van der Waals surface area contributed by atoms with E-state index >= 15 is 0 Å². The molecule has 0 saturated carbocycles. The molecule has 96 valence electrons. The van der Waals surface area contributed by atoms with Gasteiger partial charge in [-0.2, -0.15) is 0 Å². The summed E-state index contributed by atoms with van der Waals surface area (Å²) in [6.45, 7) is 3.10. The van der Waals surface area contributed by atoms with Crippen molar-refractivity contribution < 1.29 is 4.74 Å². The van der Waals surface area contributed by atoms with Crippen molar-refractivity contribution in [2.75, 3.05) is 13.7 Å². The second kappa shape index (κ2) is 6.42. The lowest BCUT2D eigenvalue weighted by molar-refractivity contribution is 0.104. The lowest BCUT2D eigenvalue weighted by Crippen LogP contribution is -2.14. The molecule has 2 heterocycles. The molecule has 1 aromatic heterocycles. The molecule has 0 aromatic carbocycles. The van der Waals surface area contributed by atoms with Gasteiger partial charge in [-0.3, -0.25) is 0 Å². The molecule has 5 heteroatoms. The molecule has 4 nitrogen and oxygen atoms in total. The highest BCUT2D eigenvalue weighted by molar-refractivity contribution is 7.11. The van der Waals surface area contributed by atoms with Gasteiger partial charge in [0, 0.05) is 13.0 Å². The number of nitrogens with one attached hydrogen (secondary N) is 1. The Kier molecular flexibility index (Phi) is 4.88. The maximum atomic E-state index is 5.62. The molecule has 0 amide bonds. The van der Waals surface area contributed by atoms with E-state index in [0.717, 1.165) is 35.9 Å². The van der Waals surface area contributed by atoms with Crippen LogP contribution in [0.15, 0.2) is 0 Å². The van der Waals surface area contributed by atoms with Crippen LogP contribution in [0.25, 0.3) is 0 Å². The lowest BCUT2D eigenvalue weighted by atomic mass is 10.1. The van der Waals surface area contributed by atoms with Crippen molar-refractivity contribution in [2.45, 2.75) is 51.2 Å². The summed E-state index contributed by atoms with van der Waals surface area (Å²) in [7, 11) is 1.97. The monoisotopic (exact) mass is 255 g/mol. The standard InChI is InChI=1S/C12H21N3OS/c1-3-10(13-2)12-15-14-11(17-12)7-6-9-5-4-8-16-9/h9-10,13H,3-8H2,1-2H3. The first kappa shape index (κ1) is 12.9. The quantitative estimate of drug-likeness (QED) is 0.847. The van der Waals surface area contributed by atoms with Gasteiger partial charge in [-0.1, -0.05) is 18.3 Å². The summed E-state index contributed by atoms with van der Waals surface area (Å²) < 4.78 is 5.62. The van der Waals surface area contributed by atoms with Crippen LogP contribution in [0.1, 0.15) is 48.7 Å². The number of ether oxygens (including phenoxy) is 1. The highest BCUT2D eigenvalue weighted by atomic mass is 32.1. The van der Waals surface area contributed by atoms with Gasteiger partial charge >= 0.3 is 0 Å². The largest absolute Gasteiger partial charge is 0.378 e. The topological polar surface area (TPSA) is 47.0 Å². The molecule has 2 rings (SSSR count). The van der Waals surface area contributed by atoms with E-state index in [9.17, 15) is 0 Å². The molecule has 2 unspecified atom stereocenters. The molecule has 1 N–H and O–H groups in total. The molecule has 1 aliphatic rings. The molecule has 2 atom stereocenters. The van der Waals surface area contributed by atoms with Crippen molar-refractivity contribution in [3.63, 3.8) is 0 Å². The molecule has 1 aromatic rings. The predicted octanol–water partition coefficient (Wildman–Crippen LogP) is 2.32. The molecule has 1 aliphatic heterocycles. The Morgan fingerprint density at radius 3 is 3.06 bits per heavy atom. The van der Waals surface area contributed by atoms with E-state index < -0.39 is 0 Å². The number of hydrogen-bond donors (Lipinski definition) is 1. The minimum absolute atomic E-state index is 0.351. The van der Waals surface area contributed by atoms with Crippen LogP contribution < -0.4 is 5.32 Å². The van der Waals surface area contributed by atoms with E-state index in [1.807, 2.05) is 7.05 Å². The molecule has 1 fully saturated rings. The Labute approximate surface area is 107 Å². The maximum Gasteiger partial charge on any atom is 0.134 e. The molecule has 1 saturated heterocycles. The summed E-state index contributed by atoms with van der Waals surface area (Å²) in [5, 5.41) is 14.0. The van der Waals surface area contributed by atoms with E-state index in [0.29, 0.717) is 12.1 Å². The number of hydrogen-bond acceptors (Lipinski definition) is 5. The van der Waals surface area contributed by atoms with E-state index in [1.165, 1.54) is 12.8 Å². The summed E-state index contributed by atoms with van der Waals surface area (Å²) in [5.74, 6) is 0. The second-order valence-corrected chi connectivity index (χ2v) is 5.55. The zero-order chi connectivity index (χ0) is 12.1. The van der Waals surface area contributed by atoms with Gasteiger partial charge < -0.3 is 10.1 Å². The molecule has 0 radical (unpaired) electrons. The first-order valence-corrected chi connectivity index (χ1v) is 7.26. The SMILES string of the molecule is CCC(NC)c1nnc(CCC2CCCO2)s1. The zero-order valence-corrected chi connectivity index (χ0v) is 11.4. The molecule has 0 bridgehead atoms. The fourth-order valence-electron chi connectivity index (χ4n) is 2.17. The minimum Gasteiger partial charge on any atom is -0.378 e. The maximum absolute atomic E-state index is 5.62. The average Bonchev–Trinajstić information content (AvgIpc) is 2.99. The van der Waals surface area contributed by atoms with Crippen LogP contribution in [0.4, 0.5) is 0 Å². The Bertz CT molecular complexity index is 332. The molecular formula is C12H21N3OS. The highest BCUT2D eigenvalue weighted by Gasteiger charge is 2.17. The predicted molar refractivity (Wildman–Crippen MR) is 69.3 cm³/mol. The number of aryl methyl sites for hydroxylation is 1. The van der Waals surface area contributed by atoms with Crippen molar-refractivity contribution in [1.29, 1.82) is 0 Å². The molecule has 17 heavy (non-hydrogen) atoms. The highest BCUT2D eigenvalue weighted by Crippen LogP contribution is 2.23. The van der Waals surface area contributed by atoms with Crippen LogP contribution >= 0.6 is 11.3 Å². The third kappa shape index (κ3) is 3.47. The summed E-state index contributed by atoms with van der Waals surface area (Å²) in [5.41, 5.74) is 0. The van der Waals surface area contributed by atoms with Crippen LogP contribution in [0.2, 0.25) is 0 Å². The first-order valence-electron chi connectivity index (χ1n) is 6.44. The Hall–Kier alpha value is -0.520. The van der Waals surface area contributed by atoms with Gasteiger partial charge in [-0.25, -0.2) is 0 Å². The van der Waals surface area contributed by atoms with E-state index in [4.69, 9.17) is 4.74 Å². The van der Waals surface area contributed by atoms with Crippen LogP contribution in [0.3, 0.4) is 0 Å². The summed E-state index contributed by atoms with van der Waals surface area (Å²) in [6, 6.07) is 0.351. The molecular weight excluding hydrogens is 234 g/mol. The van der Waals surface area contributed by atoms with Crippen LogP contribution in [-0.4, -0.2) is 30.0 Å². The van der Waals surface area contributed by atoms with Crippen molar-refractivity contribution >= 4 is 11.3 Å². The Morgan fingerprint density at radius 2 is 2.41 bits per heavy atom. The first-order chi connectivity index (χ1) is 8.33. The average molecular weight is 255 g/mol. The smallest absolute Gasteiger partial charge is 0.134 e. The normalized spacial score (nSPS) is 21.9. The molecule has 0 aliphatic carbocycles. The van der Waals surface area contributed by atoms with Gasteiger partial charge in [0.05, 0.1) is 12.1 Å². The Balaban J connectivity index is 1.84. The fraction of sp³-hybridized carbons (Fsp3) is 0.833.